The normalized spacial score (nSPS) is 28.7. The van der Waals surface area contributed by atoms with Gasteiger partial charge in [0.2, 0.25) is 0 Å². The third-order valence-electron chi connectivity index (χ3n) is 13.9. The Morgan fingerprint density at radius 1 is 0.511 bits per heavy atom. The van der Waals surface area contributed by atoms with E-state index < -0.39 is 156 Å². The fraction of sp³-hybridized carbons (Fsp3) is 0.561. The third-order valence-corrected chi connectivity index (χ3v) is 21.2. The second kappa shape index (κ2) is 26.9. The molecule has 0 bridgehead atoms. The van der Waals surface area contributed by atoms with Crippen molar-refractivity contribution in [2.75, 3.05) is 45.0 Å². The summed E-state index contributed by atoms with van der Waals surface area (Å²) in [4.78, 5) is 146. The SMILES string of the molecule is COP(O)(=S)O[C@@H]1C[C@H](n2cnc3c(N)ncnc32)O[C@@H]1COP(O)(=S)O[C@@H]1C[C@H](n2cc(C)c(=O)[nH]c2=O)O[C@@H]1COP(O)(=S)O[C@@H]1C[C@H](n2cc(C)c(=O)[nH]c2=O)O[C@@H]1COP(O)(=S)O[C@@H]1C[C@H](n2cnc3c(N)ncnc32)O[C@@H]1COP(O)(O)=S. The van der Waals surface area contributed by atoms with E-state index in [4.69, 9.17) is 118 Å². The van der Waals surface area contributed by atoms with Gasteiger partial charge in [0.05, 0.1) is 63.5 Å². The van der Waals surface area contributed by atoms with Gasteiger partial charge in [0.15, 0.2) is 22.9 Å². The molecule has 6 aromatic heterocycles. The predicted octanol–water partition coefficient (Wildman–Crippen LogP) is 0.0277. The molecule has 37 nitrogen and oxygen atoms in total. The zero-order valence-corrected chi connectivity index (χ0v) is 54.1. The Morgan fingerprint density at radius 2 is 0.830 bits per heavy atom. The maximum absolute atomic E-state index is 13.2. The second-order valence-corrected chi connectivity index (χ2v) is 33.8. The average molecular weight is 1430 g/mol. The Labute approximate surface area is 519 Å². The monoisotopic (exact) mass is 1430 g/mol. The lowest BCUT2D eigenvalue weighted by molar-refractivity contribution is -0.0559. The molecular weight excluding hydrogens is 1370 g/mol. The minimum absolute atomic E-state index is 0.0181. The molecule has 10 rings (SSSR count). The van der Waals surface area contributed by atoms with Crippen molar-refractivity contribution in [3.05, 3.63) is 90.5 Å². The van der Waals surface area contributed by atoms with Crippen molar-refractivity contribution >= 4 is 127 Å². The van der Waals surface area contributed by atoms with Crippen LogP contribution >= 0.6 is 33.6 Å². The van der Waals surface area contributed by atoms with Gasteiger partial charge in [0.25, 0.3) is 11.1 Å². The number of rotatable bonds is 25. The van der Waals surface area contributed by atoms with Crippen LogP contribution in [0, 0.1) is 13.8 Å². The number of imidazole rings is 2. The Morgan fingerprint density at radius 3 is 1.16 bits per heavy atom. The maximum atomic E-state index is 13.2. The predicted molar refractivity (Wildman–Crippen MR) is 321 cm³/mol. The molecular formula is C41H55N14O23P5S5. The number of hydrogen-bond donors (Lipinski definition) is 10. The number of nitrogens with two attached hydrogens (primary N) is 2. The highest BCUT2D eigenvalue weighted by Gasteiger charge is 2.48. The highest BCUT2D eigenvalue weighted by atomic mass is 32.5. The van der Waals surface area contributed by atoms with Crippen LogP contribution in [-0.4, -0.2) is 170 Å². The molecule has 0 aliphatic carbocycles. The van der Waals surface area contributed by atoms with E-state index in [1.54, 1.807) is 0 Å². The highest BCUT2D eigenvalue weighted by Crippen LogP contribution is 2.55. The first-order chi connectivity index (χ1) is 41.3. The quantitative estimate of drug-likeness (QED) is 0.0338. The number of aryl methyl sites for hydroxylation is 2. The number of nitrogen functional groups attached to an aromatic ring is 2. The van der Waals surface area contributed by atoms with Crippen LogP contribution in [0.2, 0.25) is 0 Å². The van der Waals surface area contributed by atoms with Crippen molar-refractivity contribution in [1.82, 2.24) is 58.1 Å². The first kappa shape index (κ1) is 67.4. The van der Waals surface area contributed by atoms with Crippen LogP contribution in [0.1, 0.15) is 61.7 Å². The molecule has 0 aromatic carbocycles. The van der Waals surface area contributed by atoms with Gasteiger partial charge in [-0.15, -0.1) is 0 Å². The maximum Gasteiger partial charge on any atom is 0.330 e. The Bertz CT molecular complexity index is 4100. The van der Waals surface area contributed by atoms with Crippen LogP contribution in [0.15, 0.2) is 56.9 Å². The molecule has 0 radical (unpaired) electrons. The first-order valence-electron chi connectivity index (χ1n) is 25.7. The summed E-state index contributed by atoms with van der Waals surface area (Å²) in [7, 11) is 1.16. The lowest BCUT2D eigenvalue weighted by atomic mass is 10.2. The van der Waals surface area contributed by atoms with Crippen molar-refractivity contribution in [1.29, 1.82) is 0 Å². The zero-order chi connectivity index (χ0) is 63.4. The van der Waals surface area contributed by atoms with Gasteiger partial charge in [-0.05, 0) is 72.9 Å². The van der Waals surface area contributed by atoms with E-state index in [1.165, 1.54) is 60.7 Å². The molecule has 4 aliphatic rings. The minimum Gasteiger partial charge on any atom is -0.382 e. The lowest BCUT2D eigenvalue weighted by Crippen LogP contribution is -2.33. The van der Waals surface area contributed by atoms with Crippen LogP contribution in [-0.2, 0) is 119 Å². The van der Waals surface area contributed by atoms with Crippen LogP contribution in [0.25, 0.3) is 22.3 Å². The van der Waals surface area contributed by atoms with Gasteiger partial charge in [-0.25, -0.2) is 39.5 Å². The van der Waals surface area contributed by atoms with Crippen molar-refractivity contribution in [2.24, 2.45) is 0 Å². The number of ether oxygens (including phenoxy) is 4. The van der Waals surface area contributed by atoms with Gasteiger partial charge >= 0.3 is 45.0 Å². The molecule has 0 spiro atoms. The molecule has 6 aromatic rings. The Hall–Kier alpha value is -3.45. The van der Waals surface area contributed by atoms with Gasteiger partial charge in [-0.1, -0.05) is 0 Å². The Kier molecular flexibility index (Phi) is 20.6. The van der Waals surface area contributed by atoms with Gasteiger partial charge in [-0.3, -0.25) is 37.8 Å². The smallest absolute Gasteiger partial charge is 0.330 e. The summed E-state index contributed by atoms with van der Waals surface area (Å²) >= 11 is 26.2. The van der Waals surface area contributed by atoms with Crippen LogP contribution in [0.3, 0.4) is 0 Å². The van der Waals surface area contributed by atoms with Crippen LogP contribution in [0.4, 0.5) is 11.6 Å². The largest absolute Gasteiger partial charge is 0.382 e. The van der Waals surface area contributed by atoms with E-state index in [1.807, 2.05) is 0 Å². The zero-order valence-electron chi connectivity index (χ0n) is 45.6. The second-order valence-electron chi connectivity index (χ2n) is 19.9. The van der Waals surface area contributed by atoms with Gasteiger partial charge in [-0.2, -0.15) is 0 Å². The molecule has 4 saturated heterocycles. The number of hydrogen-bond acceptors (Lipinski definition) is 30. The first-order valence-corrected chi connectivity index (χ1v) is 38.7. The summed E-state index contributed by atoms with van der Waals surface area (Å²) in [6.45, 7) is -21.1. The summed E-state index contributed by atoms with van der Waals surface area (Å²) < 4.78 is 81.4. The molecule has 482 valence electrons. The minimum atomic E-state index is -4.55. The average Bonchev–Trinajstić information content (AvgIpc) is 1.78. The fourth-order valence-electron chi connectivity index (χ4n) is 9.78. The molecule has 47 heteroatoms. The number of aromatic amines is 2. The van der Waals surface area contributed by atoms with Gasteiger partial charge in [0, 0.05) is 56.3 Å². The number of H-pyrrole nitrogens is 2. The fourth-order valence-corrected chi connectivity index (χ4v) is 15.7. The van der Waals surface area contributed by atoms with E-state index in [0.29, 0.717) is 5.65 Å². The Balaban J connectivity index is 0.847. The van der Waals surface area contributed by atoms with Crippen molar-refractivity contribution in [2.45, 2.75) is 113 Å². The summed E-state index contributed by atoms with van der Waals surface area (Å²) in [6, 6.07) is 0. The van der Waals surface area contributed by atoms with E-state index in [9.17, 15) is 48.5 Å². The lowest BCUT2D eigenvalue weighted by Gasteiger charge is -2.28. The number of anilines is 2. The molecule has 4 fully saturated rings. The van der Waals surface area contributed by atoms with Crippen molar-refractivity contribution < 1.29 is 89.0 Å². The van der Waals surface area contributed by atoms with Gasteiger partial charge in [0.1, 0.15) is 73.0 Å². The van der Waals surface area contributed by atoms with Gasteiger partial charge < -0.3 is 100 Å². The van der Waals surface area contributed by atoms with Crippen molar-refractivity contribution in [3.63, 3.8) is 0 Å². The number of aromatic nitrogens is 12. The molecule has 12 N–H and O–H groups in total. The van der Waals surface area contributed by atoms with Crippen LogP contribution in [0.5, 0.6) is 0 Å². The standard InChI is InChI=1S/C41H55N14O23P5S5/c1-18-8-52(40(58)50-38(18)56)28-4-21(76-81(63,86)68-11-25-20(75-80(62,85)66-3)6-30(74-25)54-16-48-32-34(42)44-14-46-36(32)54)26(71-28)12-69-82(64,87)77-22-5-29(53-9-19(2)39(57)51-41(53)59)72-27(22)13-70-83(65,88)78-23-7-31(73-24(23)10-67-79(60,61)84)55-17-49-33-35(43)45-15-47-37(33)55/h8-9,14-17,20-31H,4-7,10-13H2,1-3H3,(H,62,85)(H,63,86)(H,64,87)(H,65,88)(H2,42,44,46)(H2,43,45,47)(H,50,56,58)(H,51,57,59)(H2,60,61,84)/t20-,21-,22-,23-,24-,25-,26-,27-,28-,29-,30-,31-,80?,81?,82?,83?/m1/s1. The topological polar surface area (TPSA) is 490 Å². The van der Waals surface area contributed by atoms with Crippen molar-refractivity contribution in [3.8, 4) is 0 Å². The molecule has 16 atom stereocenters. The molecule has 0 saturated carbocycles. The summed E-state index contributed by atoms with van der Waals surface area (Å²) in [5, 5.41) is 0. The van der Waals surface area contributed by atoms with E-state index >= 15 is 0 Å². The highest BCUT2D eigenvalue weighted by molar-refractivity contribution is 8.08. The molecule has 0 amide bonds. The van der Waals surface area contributed by atoms with E-state index in [2.05, 4.69) is 51.7 Å². The summed E-state index contributed by atoms with van der Waals surface area (Å²) in [5.41, 5.74) is 10.2. The third kappa shape index (κ3) is 15.9. The number of fused-ring (bicyclic) bond motifs is 2. The molecule has 4 aliphatic heterocycles. The number of nitrogens with one attached hydrogen (secondary N) is 2. The molecule has 88 heavy (non-hydrogen) atoms. The summed E-state index contributed by atoms with van der Waals surface area (Å²) in [5.74, 6) is 0.178. The number of nitrogens with zero attached hydrogens (tertiary/aromatic N) is 10. The van der Waals surface area contributed by atoms with E-state index in [0.717, 1.165) is 16.2 Å². The van der Waals surface area contributed by atoms with E-state index in [-0.39, 0.29) is 65.1 Å². The molecule has 4 unspecified atom stereocenters. The molecule has 10 heterocycles. The van der Waals surface area contributed by atoms with Crippen LogP contribution < -0.4 is 34.0 Å². The summed E-state index contributed by atoms with van der Waals surface area (Å²) in [6.07, 6.45) is -7.22.